The van der Waals surface area contributed by atoms with Crippen LogP contribution in [0.3, 0.4) is 0 Å². The van der Waals surface area contributed by atoms with Gasteiger partial charge in [0.25, 0.3) is 0 Å². The Labute approximate surface area is 94.7 Å². The molecule has 7 nitrogen and oxygen atoms in total. The molecule has 0 bridgehead atoms. The number of rotatable bonds is 6. The number of carboxylic acid groups (broad SMARTS) is 1. The topological polar surface area (TPSA) is 95.0 Å². The van der Waals surface area contributed by atoms with Crippen LogP contribution in [0.5, 0.6) is 0 Å². The van der Waals surface area contributed by atoms with Crippen molar-refractivity contribution >= 4 is 21.9 Å². The van der Waals surface area contributed by atoms with E-state index in [4.69, 9.17) is 5.11 Å². The Balaban J connectivity index is 4.41. The average Bonchev–Trinajstić information content (AvgIpc) is 2.16. The van der Waals surface area contributed by atoms with Gasteiger partial charge < -0.3 is 10.0 Å². The maximum Gasteiger partial charge on any atom is 0.323 e. The number of hydrogen-bond donors (Lipinski definition) is 1. The minimum Gasteiger partial charge on any atom is -0.480 e. The predicted octanol–water partition coefficient (Wildman–Crippen LogP) is -1.19. The summed E-state index contributed by atoms with van der Waals surface area (Å²) in [6.07, 6.45) is 0. The SMILES string of the molecule is CCS(=O)(=O)N(C)CC(=O)N(C)CC(=O)O. The predicted molar refractivity (Wildman–Crippen MR) is 57.4 cm³/mol. The third kappa shape index (κ3) is 4.58. The molecule has 0 aromatic heterocycles. The molecule has 0 heterocycles. The van der Waals surface area contributed by atoms with Crippen molar-refractivity contribution in [1.82, 2.24) is 9.21 Å². The quantitative estimate of drug-likeness (QED) is 0.641. The number of likely N-dealkylation sites (N-methyl/N-ethyl adjacent to an activating group) is 2. The van der Waals surface area contributed by atoms with Crippen molar-refractivity contribution in [3.8, 4) is 0 Å². The largest absolute Gasteiger partial charge is 0.480 e. The van der Waals surface area contributed by atoms with Crippen LogP contribution >= 0.6 is 0 Å². The molecule has 0 saturated carbocycles. The maximum atomic E-state index is 11.4. The summed E-state index contributed by atoms with van der Waals surface area (Å²) in [5, 5.41) is 8.45. The van der Waals surface area contributed by atoms with Crippen molar-refractivity contribution in [2.75, 3.05) is 32.9 Å². The van der Waals surface area contributed by atoms with Crippen molar-refractivity contribution in [2.45, 2.75) is 6.92 Å². The van der Waals surface area contributed by atoms with Gasteiger partial charge in [0.05, 0.1) is 12.3 Å². The molecule has 1 N–H and O–H groups in total. The molecule has 0 fully saturated rings. The van der Waals surface area contributed by atoms with Gasteiger partial charge in [-0.3, -0.25) is 9.59 Å². The van der Waals surface area contributed by atoms with E-state index in [0.29, 0.717) is 0 Å². The molecule has 0 unspecified atom stereocenters. The Morgan fingerprint density at radius 1 is 1.19 bits per heavy atom. The fourth-order valence-electron chi connectivity index (χ4n) is 0.921. The van der Waals surface area contributed by atoms with Crippen molar-refractivity contribution in [3.05, 3.63) is 0 Å². The lowest BCUT2D eigenvalue weighted by Gasteiger charge is -2.19. The van der Waals surface area contributed by atoms with Crippen LogP contribution in [0.25, 0.3) is 0 Å². The normalized spacial score (nSPS) is 11.5. The Kier molecular flexibility index (Phi) is 5.39. The van der Waals surface area contributed by atoms with Gasteiger partial charge in [0, 0.05) is 14.1 Å². The summed E-state index contributed by atoms with van der Waals surface area (Å²) in [6, 6.07) is 0. The molecule has 16 heavy (non-hydrogen) atoms. The number of hydrogen-bond acceptors (Lipinski definition) is 4. The summed E-state index contributed by atoms with van der Waals surface area (Å²) in [7, 11) is -0.825. The smallest absolute Gasteiger partial charge is 0.323 e. The second-order valence-corrected chi connectivity index (χ2v) is 5.66. The molecule has 0 aliphatic heterocycles. The van der Waals surface area contributed by atoms with Gasteiger partial charge in [-0.1, -0.05) is 0 Å². The second kappa shape index (κ2) is 5.80. The number of carbonyl (C=O) groups is 2. The van der Waals surface area contributed by atoms with Crippen LogP contribution in [-0.2, 0) is 19.6 Å². The Morgan fingerprint density at radius 2 is 1.69 bits per heavy atom. The van der Waals surface area contributed by atoms with E-state index in [1.54, 1.807) is 0 Å². The van der Waals surface area contributed by atoms with E-state index in [-0.39, 0.29) is 12.3 Å². The zero-order valence-electron chi connectivity index (χ0n) is 9.50. The lowest BCUT2D eigenvalue weighted by atomic mass is 10.5. The third-order valence-corrected chi connectivity index (χ3v) is 3.80. The van der Waals surface area contributed by atoms with Crippen LogP contribution in [-0.4, -0.2) is 67.5 Å². The third-order valence-electron chi connectivity index (χ3n) is 2.00. The number of carbonyl (C=O) groups excluding carboxylic acids is 1. The Hall–Kier alpha value is -1.15. The van der Waals surface area contributed by atoms with Crippen molar-refractivity contribution < 1.29 is 23.1 Å². The molecule has 0 rings (SSSR count). The first-order chi connectivity index (χ1) is 7.20. The molecule has 0 aliphatic carbocycles. The first-order valence-corrected chi connectivity index (χ1v) is 6.21. The highest BCUT2D eigenvalue weighted by Gasteiger charge is 2.21. The van der Waals surface area contributed by atoms with Gasteiger partial charge in [-0.15, -0.1) is 0 Å². The molecule has 0 radical (unpaired) electrons. The molecule has 1 amide bonds. The van der Waals surface area contributed by atoms with Crippen LogP contribution in [0.1, 0.15) is 6.92 Å². The van der Waals surface area contributed by atoms with Crippen LogP contribution in [0, 0.1) is 0 Å². The van der Waals surface area contributed by atoms with E-state index < -0.39 is 28.4 Å². The van der Waals surface area contributed by atoms with Gasteiger partial charge in [-0.2, -0.15) is 4.31 Å². The Bertz CT molecular complexity index is 365. The molecule has 8 heteroatoms. The summed E-state index contributed by atoms with van der Waals surface area (Å²) < 4.78 is 23.5. The molecule has 0 spiro atoms. The fourth-order valence-corrected chi connectivity index (χ4v) is 1.67. The lowest BCUT2D eigenvalue weighted by molar-refractivity contribution is -0.143. The molecule has 94 valence electrons. The van der Waals surface area contributed by atoms with Crippen LogP contribution in [0.15, 0.2) is 0 Å². The van der Waals surface area contributed by atoms with Crippen molar-refractivity contribution in [3.63, 3.8) is 0 Å². The van der Waals surface area contributed by atoms with E-state index in [1.165, 1.54) is 21.0 Å². The molecule has 0 aliphatic rings. The average molecular weight is 252 g/mol. The molecule has 0 aromatic rings. The van der Waals surface area contributed by atoms with Crippen molar-refractivity contribution in [2.24, 2.45) is 0 Å². The maximum absolute atomic E-state index is 11.4. The van der Waals surface area contributed by atoms with E-state index in [2.05, 4.69) is 0 Å². The van der Waals surface area contributed by atoms with E-state index in [9.17, 15) is 18.0 Å². The number of nitrogens with zero attached hydrogens (tertiary/aromatic N) is 2. The minimum atomic E-state index is -3.42. The van der Waals surface area contributed by atoms with E-state index >= 15 is 0 Å². The first kappa shape index (κ1) is 14.8. The van der Waals surface area contributed by atoms with Crippen molar-refractivity contribution in [1.29, 1.82) is 0 Å². The minimum absolute atomic E-state index is 0.0978. The Morgan fingerprint density at radius 3 is 2.06 bits per heavy atom. The molecule has 0 atom stereocenters. The number of amides is 1. The van der Waals surface area contributed by atoms with Gasteiger partial charge in [-0.05, 0) is 6.92 Å². The number of sulfonamides is 1. The van der Waals surface area contributed by atoms with Gasteiger partial charge >= 0.3 is 5.97 Å². The van der Waals surface area contributed by atoms with E-state index in [0.717, 1.165) is 9.21 Å². The zero-order chi connectivity index (χ0) is 12.9. The summed E-state index contributed by atoms with van der Waals surface area (Å²) in [5.41, 5.74) is 0. The van der Waals surface area contributed by atoms with Crippen LogP contribution in [0.2, 0.25) is 0 Å². The highest BCUT2D eigenvalue weighted by atomic mass is 32.2. The van der Waals surface area contributed by atoms with Crippen LogP contribution < -0.4 is 0 Å². The molecular weight excluding hydrogens is 236 g/mol. The lowest BCUT2D eigenvalue weighted by Crippen LogP contribution is -2.41. The fraction of sp³-hybridized carbons (Fsp3) is 0.750. The molecule has 0 aromatic carbocycles. The van der Waals surface area contributed by atoms with Gasteiger partial charge in [-0.25, -0.2) is 8.42 Å². The number of carboxylic acids is 1. The summed E-state index contributed by atoms with van der Waals surface area (Å²) in [6.45, 7) is 0.677. The van der Waals surface area contributed by atoms with Gasteiger partial charge in [0.1, 0.15) is 6.54 Å². The first-order valence-electron chi connectivity index (χ1n) is 4.60. The molecular formula is C8H16N2O5S. The monoisotopic (exact) mass is 252 g/mol. The number of aliphatic carboxylic acids is 1. The van der Waals surface area contributed by atoms with Gasteiger partial charge in [0.2, 0.25) is 15.9 Å². The highest BCUT2D eigenvalue weighted by molar-refractivity contribution is 7.89. The van der Waals surface area contributed by atoms with Gasteiger partial charge in [0.15, 0.2) is 0 Å². The highest BCUT2D eigenvalue weighted by Crippen LogP contribution is 1.98. The second-order valence-electron chi connectivity index (χ2n) is 3.30. The summed E-state index contributed by atoms with van der Waals surface area (Å²) in [4.78, 5) is 22.7. The summed E-state index contributed by atoms with van der Waals surface area (Å²) in [5.74, 6) is -1.79. The molecule has 0 saturated heterocycles. The van der Waals surface area contributed by atoms with Crippen LogP contribution in [0.4, 0.5) is 0 Å². The van der Waals surface area contributed by atoms with E-state index in [1.807, 2.05) is 0 Å². The zero-order valence-corrected chi connectivity index (χ0v) is 10.3. The summed E-state index contributed by atoms with van der Waals surface area (Å²) >= 11 is 0. The standard InChI is InChI=1S/C8H16N2O5S/c1-4-16(14,15)10(3)5-7(11)9(2)6-8(12)13/h4-6H2,1-3H3,(H,12,13).